The van der Waals surface area contributed by atoms with E-state index in [0.29, 0.717) is 17.2 Å². The van der Waals surface area contributed by atoms with Gasteiger partial charge in [-0.15, -0.1) is 0 Å². The molecule has 2 heterocycles. The summed E-state index contributed by atoms with van der Waals surface area (Å²) in [5.41, 5.74) is 3.49. The topological polar surface area (TPSA) is 121 Å². The largest absolute Gasteiger partial charge is 0.444 e. The Morgan fingerprint density at radius 3 is 2.56 bits per heavy atom. The zero-order valence-electron chi connectivity index (χ0n) is 22.5. The molecule has 2 aromatic heterocycles. The van der Waals surface area contributed by atoms with Crippen molar-refractivity contribution in [3.05, 3.63) is 72.6 Å². The number of fused-ring (bicyclic) bond motifs is 1. The number of hydrogen-bond acceptors (Lipinski definition) is 6. The van der Waals surface area contributed by atoms with Crippen molar-refractivity contribution in [2.24, 2.45) is 0 Å². The van der Waals surface area contributed by atoms with Gasteiger partial charge in [0.05, 0.1) is 5.69 Å². The Balaban J connectivity index is 1.17. The van der Waals surface area contributed by atoms with E-state index in [-0.39, 0.29) is 18.0 Å². The summed E-state index contributed by atoms with van der Waals surface area (Å²) in [6, 6.07) is 17.1. The van der Waals surface area contributed by atoms with E-state index in [0.717, 1.165) is 47.8 Å². The lowest BCUT2D eigenvalue weighted by Gasteiger charge is -2.30. The molecule has 0 saturated heterocycles. The van der Waals surface area contributed by atoms with Gasteiger partial charge in [0.25, 0.3) is 5.91 Å². The number of anilines is 2. The molecule has 4 N–H and O–H groups in total. The minimum atomic E-state index is -0.581. The predicted molar refractivity (Wildman–Crippen MR) is 153 cm³/mol. The van der Waals surface area contributed by atoms with Crippen LogP contribution in [-0.2, 0) is 4.74 Å². The van der Waals surface area contributed by atoms with E-state index in [1.54, 1.807) is 51.2 Å². The molecule has 1 saturated carbocycles. The van der Waals surface area contributed by atoms with Crippen molar-refractivity contribution >= 4 is 34.5 Å². The number of ether oxygens (including phenoxy) is 1. The molecule has 5 rings (SSSR count). The Labute approximate surface area is 227 Å². The Bertz CT molecular complexity index is 1460. The highest BCUT2D eigenvalue weighted by Gasteiger charge is 2.24. The second kappa shape index (κ2) is 11.1. The molecule has 39 heavy (non-hydrogen) atoms. The third-order valence-corrected chi connectivity index (χ3v) is 6.66. The highest BCUT2D eigenvalue weighted by atomic mass is 16.6. The molecule has 1 aliphatic carbocycles. The van der Waals surface area contributed by atoms with E-state index in [4.69, 9.17) is 9.72 Å². The van der Waals surface area contributed by atoms with Crippen LogP contribution in [0, 0.1) is 0 Å². The highest BCUT2D eigenvalue weighted by Crippen LogP contribution is 2.28. The summed E-state index contributed by atoms with van der Waals surface area (Å²) < 4.78 is 5.27. The summed E-state index contributed by atoms with van der Waals surface area (Å²) in [4.78, 5) is 37.4. The van der Waals surface area contributed by atoms with Crippen molar-refractivity contribution < 1.29 is 14.3 Å². The molecule has 0 aliphatic heterocycles. The predicted octanol–water partition coefficient (Wildman–Crippen LogP) is 6.13. The van der Waals surface area contributed by atoms with Gasteiger partial charge in [-0.2, -0.15) is 0 Å². The maximum atomic E-state index is 12.9. The number of benzene rings is 2. The lowest BCUT2D eigenvalue weighted by atomic mass is 9.91. The number of H-pyrrole nitrogens is 1. The summed E-state index contributed by atoms with van der Waals surface area (Å²) in [5, 5.41) is 10.4. The first kappa shape index (κ1) is 26.2. The highest BCUT2D eigenvalue weighted by molar-refractivity contribution is 5.95. The van der Waals surface area contributed by atoms with Gasteiger partial charge in [-0.05, 0) is 82.9 Å². The minimum Gasteiger partial charge on any atom is -0.444 e. The number of nitrogens with one attached hydrogen (secondary N) is 4. The number of aromatic amines is 1. The number of para-hydroxylation sites is 1. The molecule has 1 fully saturated rings. The monoisotopic (exact) mass is 526 g/mol. The van der Waals surface area contributed by atoms with Crippen LogP contribution in [0.1, 0.15) is 56.8 Å². The summed E-state index contributed by atoms with van der Waals surface area (Å²) in [6.07, 6.45) is 6.89. The second-order valence-corrected chi connectivity index (χ2v) is 10.9. The average Bonchev–Trinajstić information content (AvgIpc) is 3.33. The van der Waals surface area contributed by atoms with Crippen molar-refractivity contribution in [3.63, 3.8) is 0 Å². The van der Waals surface area contributed by atoms with Crippen LogP contribution in [0.25, 0.3) is 22.2 Å². The zero-order chi connectivity index (χ0) is 27.4. The number of hydrogen-bond donors (Lipinski definition) is 4. The van der Waals surface area contributed by atoms with Crippen LogP contribution in [0.4, 0.5) is 16.4 Å². The Kier molecular flexibility index (Phi) is 7.49. The fraction of sp³-hybridized carbons (Fsp3) is 0.333. The van der Waals surface area contributed by atoms with E-state index in [9.17, 15) is 9.59 Å². The first-order valence-corrected chi connectivity index (χ1v) is 13.3. The third-order valence-electron chi connectivity index (χ3n) is 6.66. The lowest BCUT2D eigenvalue weighted by molar-refractivity contribution is 0.0635. The van der Waals surface area contributed by atoms with Crippen molar-refractivity contribution in [1.29, 1.82) is 0 Å². The van der Waals surface area contributed by atoms with E-state index in [2.05, 4.69) is 32.0 Å². The van der Waals surface area contributed by atoms with Crippen LogP contribution < -0.4 is 16.0 Å². The molecule has 0 bridgehead atoms. The molecule has 202 valence electrons. The molecule has 0 spiro atoms. The number of carbonyl (C=O) groups is 2. The van der Waals surface area contributed by atoms with Gasteiger partial charge >= 0.3 is 6.09 Å². The lowest BCUT2D eigenvalue weighted by Crippen LogP contribution is -2.42. The summed E-state index contributed by atoms with van der Waals surface area (Å²) in [6.45, 7) is 5.42. The molecule has 9 heteroatoms. The van der Waals surface area contributed by atoms with Crippen LogP contribution >= 0.6 is 0 Å². The van der Waals surface area contributed by atoms with E-state index < -0.39 is 11.7 Å². The number of rotatable bonds is 6. The molecule has 0 unspecified atom stereocenters. The first-order valence-electron chi connectivity index (χ1n) is 13.3. The van der Waals surface area contributed by atoms with Gasteiger partial charge in [-0.3, -0.25) is 10.1 Å². The van der Waals surface area contributed by atoms with E-state index >= 15 is 0 Å². The molecular formula is C30H34N6O3. The van der Waals surface area contributed by atoms with Gasteiger partial charge in [-0.1, -0.05) is 18.2 Å². The first-order chi connectivity index (χ1) is 18.7. The molecule has 2 aromatic carbocycles. The Morgan fingerprint density at radius 2 is 1.77 bits per heavy atom. The summed E-state index contributed by atoms with van der Waals surface area (Å²) >= 11 is 0. The van der Waals surface area contributed by atoms with Gasteiger partial charge in [-0.25, -0.2) is 14.8 Å². The van der Waals surface area contributed by atoms with Crippen molar-refractivity contribution in [2.75, 3.05) is 10.6 Å². The summed E-state index contributed by atoms with van der Waals surface area (Å²) in [7, 11) is 0. The Hall–Kier alpha value is -4.40. The van der Waals surface area contributed by atoms with Gasteiger partial charge in [0.15, 0.2) is 0 Å². The number of nitrogens with zero attached hydrogens (tertiary/aromatic N) is 2. The minimum absolute atomic E-state index is 0.0418. The quantitative estimate of drug-likeness (QED) is 0.240. The van der Waals surface area contributed by atoms with Gasteiger partial charge in [0, 0.05) is 52.2 Å². The van der Waals surface area contributed by atoms with Crippen molar-refractivity contribution in [1.82, 2.24) is 20.3 Å². The maximum absolute atomic E-state index is 12.9. The zero-order valence-corrected chi connectivity index (χ0v) is 22.5. The molecule has 2 amide bonds. The van der Waals surface area contributed by atoms with Gasteiger partial charge in [0.1, 0.15) is 5.60 Å². The van der Waals surface area contributed by atoms with Crippen LogP contribution in [0.3, 0.4) is 0 Å². The maximum Gasteiger partial charge on any atom is 0.412 e. The molecule has 2 atom stereocenters. The van der Waals surface area contributed by atoms with Crippen LogP contribution in [0.2, 0.25) is 0 Å². The standard InChI is InChI=1S/C30H34N6O3/c1-30(2,3)39-29(38)35-20-13-11-19(12-14-20)27(37)33-21-7-6-8-22(17-21)34-28-31-16-15-26(36-28)24-18-32-25-10-5-4-9-23(24)25/h4-5,9-16,18,21-22,32H,6-8,17H2,1-3H3,(H,33,37)(H,35,38)(H,31,34,36)/t21-,22+/m0/s1. The third kappa shape index (κ3) is 6.73. The molecule has 0 radical (unpaired) electrons. The molecule has 1 aliphatic rings. The van der Waals surface area contributed by atoms with Gasteiger partial charge < -0.3 is 20.4 Å². The molecular weight excluding hydrogens is 492 g/mol. The Morgan fingerprint density at radius 1 is 1.00 bits per heavy atom. The summed E-state index contributed by atoms with van der Waals surface area (Å²) in [5.74, 6) is 0.449. The SMILES string of the molecule is CC(C)(C)OC(=O)Nc1ccc(C(=O)N[C@H]2CCC[C@@H](Nc3nccc(-c4c[nH]c5ccccc45)n3)C2)cc1. The van der Waals surface area contributed by atoms with E-state index in [1.807, 2.05) is 30.5 Å². The van der Waals surface area contributed by atoms with Crippen LogP contribution in [0.15, 0.2) is 67.0 Å². The number of amides is 2. The van der Waals surface area contributed by atoms with Crippen molar-refractivity contribution in [3.8, 4) is 11.3 Å². The smallest absolute Gasteiger partial charge is 0.412 e. The fourth-order valence-corrected chi connectivity index (χ4v) is 4.89. The number of carbonyl (C=O) groups excluding carboxylic acids is 2. The molecule has 9 nitrogen and oxygen atoms in total. The van der Waals surface area contributed by atoms with Crippen molar-refractivity contribution in [2.45, 2.75) is 64.1 Å². The van der Waals surface area contributed by atoms with E-state index in [1.165, 1.54) is 0 Å². The van der Waals surface area contributed by atoms with Gasteiger partial charge in [0.2, 0.25) is 5.95 Å². The second-order valence-electron chi connectivity index (χ2n) is 10.9. The normalized spacial score (nSPS) is 17.4. The number of aromatic nitrogens is 3. The van der Waals surface area contributed by atoms with Crippen LogP contribution in [0.5, 0.6) is 0 Å². The molecule has 4 aromatic rings. The fourth-order valence-electron chi connectivity index (χ4n) is 4.89. The average molecular weight is 527 g/mol. The van der Waals surface area contributed by atoms with Crippen LogP contribution in [-0.4, -0.2) is 44.6 Å².